The van der Waals surface area contributed by atoms with Gasteiger partial charge < -0.3 is 19.7 Å². The number of aliphatic hydroxyl groups is 2. The summed E-state index contributed by atoms with van der Waals surface area (Å²) in [5.41, 5.74) is -2.95. The van der Waals surface area contributed by atoms with Crippen LogP contribution >= 0.6 is 0 Å². The molecule has 2 heterocycles. The van der Waals surface area contributed by atoms with Gasteiger partial charge in [0.15, 0.2) is 5.60 Å². The Kier molecular flexibility index (Phi) is 2.11. The third-order valence-corrected chi connectivity index (χ3v) is 6.40. The van der Waals surface area contributed by atoms with E-state index in [1.54, 1.807) is 0 Å². The largest absolute Gasteiger partial charge is 0.452 e. The van der Waals surface area contributed by atoms with E-state index < -0.39 is 28.7 Å². The molecule has 0 aromatic carbocycles. The lowest BCUT2D eigenvalue weighted by Gasteiger charge is -2.50. The molecule has 0 bridgehead atoms. The van der Waals surface area contributed by atoms with E-state index in [-0.39, 0.29) is 24.0 Å². The predicted octanol–water partition coefficient (Wildman–Crippen LogP) is 0.619. The Labute approximate surface area is 118 Å². The van der Waals surface area contributed by atoms with Crippen molar-refractivity contribution in [1.82, 2.24) is 0 Å². The lowest BCUT2D eigenvalue weighted by molar-refractivity contribution is -0.212. The molecule has 2 saturated carbocycles. The van der Waals surface area contributed by atoms with E-state index in [1.165, 1.54) is 0 Å². The fourth-order valence-corrected chi connectivity index (χ4v) is 5.52. The highest BCUT2D eigenvalue weighted by Crippen LogP contribution is 2.76. The molecule has 0 unspecified atom stereocenters. The van der Waals surface area contributed by atoms with E-state index in [9.17, 15) is 15.0 Å². The minimum atomic E-state index is -1.30. The van der Waals surface area contributed by atoms with E-state index in [0.29, 0.717) is 12.8 Å². The molecule has 2 N–H and O–H groups in total. The standard InChI is InChI=1S/C15H22O5/c1-8-4-5-13(18)9(6-16)10(17)19-14(13)7-12(2,3)11-15(8,14)20-11/h8-9,11,16,18H,4-7H2,1-3H3/t8-,9+,11-,13+,14-,15-/m1/s1. The molecule has 4 aliphatic rings. The van der Waals surface area contributed by atoms with Crippen molar-refractivity contribution in [2.75, 3.05) is 6.61 Å². The van der Waals surface area contributed by atoms with Gasteiger partial charge >= 0.3 is 5.97 Å². The molecule has 0 radical (unpaired) electrons. The van der Waals surface area contributed by atoms with Crippen molar-refractivity contribution in [3.8, 4) is 0 Å². The van der Waals surface area contributed by atoms with Crippen molar-refractivity contribution in [3.05, 3.63) is 0 Å². The van der Waals surface area contributed by atoms with E-state index in [1.807, 2.05) is 0 Å². The number of esters is 1. The van der Waals surface area contributed by atoms with E-state index >= 15 is 0 Å². The Bertz CT molecular complexity index is 502. The maximum Gasteiger partial charge on any atom is 0.315 e. The summed E-state index contributed by atoms with van der Waals surface area (Å²) in [5.74, 6) is -1.07. The fourth-order valence-electron chi connectivity index (χ4n) is 5.52. The summed E-state index contributed by atoms with van der Waals surface area (Å²) in [4.78, 5) is 12.2. The monoisotopic (exact) mass is 282 g/mol. The highest BCUT2D eigenvalue weighted by molar-refractivity contribution is 5.79. The van der Waals surface area contributed by atoms with Crippen LogP contribution in [-0.2, 0) is 14.3 Å². The van der Waals surface area contributed by atoms with Crippen LogP contribution in [0, 0.1) is 17.3 Å². The van der Waals surface area contributed by atoms with Crippen molar-refractivity contribution < 1.29 is 24.5 Å². The van der Waals surface area contributed by atoms with Crippen LogP contribution in [-0.4, -0.2) is 45.7 Å². The summed E-state index contributed by atoms with van der Waals surface area (Å²) in [7, 11) is 0. The lowest BCUT2D eigenvalue weighted by Crippen LogP contribution is -2.66. The number of aliphatic hydroxyl groups excluding tert-OH is 1. The maximum absolute atomic E-state index is 12.2. The van der Waals surface area contributed by atoms with Crippen molar-refractivity contribution in [2.45, 2.75) is 62.9 Å². The number of carbonyl (C=O) groups is 1. The van der Waals surface area contributed by atoms with Gasteiger partial charge in [-0.3, -0.25) is 4.79 Å². The highest BCUT2D eigenvalue weighted by atomic mass is 16.7. The molecule has 0 amide bonds. The molecule has 2 aliphatic heterocycles. The topological polar surface area (TPSA) is 79.3 Å². The summed E-state index contributed by atoms with van der Waals surface area (Å²) < 4.78 is 11.8. The van der Waals surface area contributed by atoms with Gasteiger partial charge in [-0.05, 0) is 24.2 Å². The lowest BCUT2D eigenvalue weighted by atomic mass is 9.59. The predicted molar refractivity (Wildman–Crippen MR) is 68.7 cm³/mol. The second kappa shape index (κ2) is 3.23. The molecule has 4 rings (SSSR count). The molecular formula is C15H22O5. The first-order valence-corrected chi connectivity index (χ1v) is 7.49. The van der Waals surface area contributed by atoms with Gasteiger partial charge in [0.25, 0.3) is 0 Å². The summed E-state index contributed by atoms with van der Waals surface area (Å²) in [6.45, 7) is 5.95. The summed E-state index contributed by atoms with van der Waals surface area (Å²) >= 11 is 0. The Morgan fingerprint density at radius 2 is 2.10 bits per heavy atom. The van der Waals surface area contributed by atoms with E-state index in [4.69, 9.17) is 9.47 Å². The number of hydrogen-bond acceptors (Lipinski definition) is 5. The Morgan fingerprint density at radius 3 is 2.70 bits per heavy atom. The average molecular weight is 282 g/mol. The zero-order chi connectivity index (χ0) is 14.6. The molecular weight excluding hydrogens is 260 g/mol. The molecule has 2 saturated heterocycles. The van der Waals surface area contributed by atoms with E-state index in [2.05, 4.69) is 20.8 Å². The third-order valence-electron chi connectivity index (χ3n) is 6.40. The molecule has 2 aliphatic carbocycles. The normalized spacial score (nSPS) is 58.6. The van der Waals surface area contributed by atoms with Gasteiger partial charge in [-0.25, -0.2) is 0 Å². The highest BCUT2D eigenvalue weighted by Gasteiger charge is 2.91. The minimum Gasteiger partial charge on any atom is -0.452 e. The molecule has 2 spiro atoms. The quantitative estimate of drug-likeness (QED) is 0.544. The molecule has 0 aromatic heterocycles. The number of carbonyl (C=O) groups excluding carboxylic acids is 1. The minimum absolute atomic E-state index is 0.0297. The molecule has 5 heteroatoms. The van der Waals surface area contributed by atoms with Crippen LogP contribution in [0.2, 0.25) is 0 Å². The molecule has 112 valence electrons. The summed E-state index contributed by atoms with van der Waals surface area (Å²) in [6, 6.07) is 0. The fraction of sp³-hybridized carbons (Fsp3) is 0.933. The number of rotatable bonds is 1. The second-order valence-corrected chi connectivity index (χ2v) is 7.80. The van der Waals surface area contributed by atoms with Crippen molar-refractivity contribution in [2.24, 2.45) is 17.3 Å². The number of ether oxygens (including phenoxy) is 2. The van der Waals surface area contributed by atoms with Gasteiger partial charge in [0.05, 0.1) is 12.7 Å². The molecule has 0 aromatic rings. The van der Waals surface area contributed by atoms with Gasteiger partial charge in [0.1, 0.15) is 17.1 Å². The number of epoxide rings is 1. The third kappa shape index (κ3) is 1.02. The van der Waals surface area contributed by atoms with E-state index in [0.717, 1.165) is 6.42 Å². The maximum atomic E-state index is 12.2. The molecule has 5 nitrogen and oxygen atoms in total. The number of hydrogen-bond donors (Lipinski definition) is 2. The van der Waals surface area contributed by atoms with Gasteiger partial charge in [-0.1, -0.05) is 20.8 Å². The van der Waals surface area contributed by atoms with Gasteiger partial charge in [0, 0.05) is 6.42 Å². The van der Waals surface area contributed by atoms with Gasteiger partial charge in [0.2, 0.25) is 0 Å². The molecule has 4 fully saturated rings. The van der Waals surface area contributed by atoms with Crippen LogP contribution in [0.4, 0.5) is 0 Å². The Hall–Kier alpha value is -0.650. The summed E-state index contributed by atoms with van der Waals surface area (Å²) in [5, 5.41) is 20.8. The van der Waals surface area contributed by atoms with Gasteiger partial charge in [-0.2, -0.15) is 0 Å². The van der Waals surface area contributed by atoms with Crippen molar-refractivity contribution in [3.63, 3.8) is 0 Å². The Morgan fingerprint density at radius 1 is 1.40 bits per heavy atom. The van der Waals surface area contributed by atoms with Crippen LogP contribution in [0.15, 0.2) is 0 Å². The summed E-state index contributed by atoms with van der Waals surface area (Å²) in [6.07, 6.45) is 1.91. The first kappa shape index (κ1) is 13.0. The first-order valence-electron chi connectivity index (χ1n) is 7.49. The first-order chi connectivity index (χ1) is 9.25. The zero-order valence-corrected chi connectivity index (χ0v) is 12.2. The van der Waals surface area contributed by atoms with Gasteiger partial charge in [-0.15, -0.1) is 0 Å². The van der Waals surface area contributed by atoms with Crippen molar-refractivity contribution >= 4 is 5.97 Å². The van der Waals surface area contributed by atoms with Crippen LogP contribution < -0.4 is 0 Å². The molecule has 20 heavy (non-hydrogen) atoms. The SMILES string of the molecule is C[C@@H]1CC[C@]2(O)[C@@H](CO)C(=O)O[C@]23CC(C)(C)[C@H]2O[C@]123. The van der Waals surface area contributed by atoms with Crippen molar-refractivity contribution in [1.29, 1.82) is 0 Å². The smallest absolute Gasteiger partial charge is 0.315 e. The zero-order valence-electron chi connectivity index (χ0n) is 12.2. The van der Waals surface area contributed by atoms with Crippen LogP contribution in [0.5, 0.6) is 0 Å². The Balaban J connectivity index is 1.91. The van der Waals surface area contributed by atoms with Crippen LogP contribution in [0.1, 0.15) is 40.0 Å². The average Bonchev–Trinajstić information content (AvgIpc) is 3.02. The van der Waals surface area contributed by atoms with Crippen LogP contribution in [0.3, 0.4) is 0 Å². The van der Waals surface area contributed by atoms with Crippen LogP contribution in [0.25, 0.3) is 0 Å². The second-order valence-electron chi connectivity index (χ2n) is 7.80. The molecule has 6 atom stereocenters.